The summed E-state index contributed by atoms with van der Waals surface area (Å²) >= 11 is 0. The maximum Gasteiger partial charge on any atom is 0.222 e. The second kappa shape index (κ2) is 5.64. The van der Waals surface area contributed by atoms with Crippen molar-refractivity contribution in [3.8, 4) is 0 Å². The standard InChI is InChI=1S/C12H24N2O2/c1-9(2)10(8-15)14-11(16)7-12(13)5-3-4-6-12/h9-10,15H,3-8,13H2,1-2H3,(H,14,16)/t10-/m1/s1. The molecule has 4 N–H and O–H groups in total. The normalized spacial score (nSPS) is 21.1. The van der Waals surface area contributed by atoms with Crippen LogP contribution in [0.3, 0.4) is 0 Å². The first-order chi connectivity index (χ1) is 7.47. The molecule has 0 unspecified atom stereocenters. The number of amides is 1. The number of carbonyl (C=O) groups is 1. The van der Waals surface area contributed by atoms with Gasteiger partial charge in [-0.3, -0.25) is 4.79 Å². The van der Waals surface area contributed by atoms with Crippen LogP contribution >= 0.6 is 0 Å². The first kappa shape index (κ1) is 13.5. The molecule has 1 fully saturated rings. The molecular formula is C12H24N2O2. The van der Waals surface area contributed by atoms with E-state index >= 15 is 0 Å². The lowest BCUT2D eigenvalue weighted by atomic mass is 9.94. The molecule has 4 heteroatoms. The Morgan fingerprint density at radius 1 is 1.44 bits per heavy atom. The lowest BCUT2D eigenvalue weighted by Gasteiger charge is -2.25. The Morgan fingerprint density at radius 3 is 2.44 bits per heavy atom. The maximum absolute atomic E-state index is 11.8. The van der Waals surface area contributed by atoms with Crippen LogP contribution in [0.4, 0.5) is 0 Å². The van der Waals surface area contributed by atoms with Gasteiger partial charge in [0.25, 0.3) is 0 Å². The second-order valence-corrected chi connectivity index (χ2v) is 5.35. The Kier molecular flexibility index (Phi) is 4.74. The number of hydrogen-bond acceptors (Lipinski definition) is 3. The van der Waals surface area contributed by atoms with E-state index in [-0.39, 0.29) is 30.0 Å². The van der Waals surface area contributed by atoms with E-state index in [9.17, 15) is 4.79 Å². The Morgan fingerprint density at radius 2 is 2.00 bits per heavy atom. The van der Waals surface area contributed by atoms with Gasteiger partial charge in [0.1, 0.15) is 0 Å². The Bertz CT molecular complexity index is 235. The van der Waals surface area contributed by atoms with E-state index in [1.165, 1.54) is 0 Å². The van der Waals surface area contributed by atoms with E-state index in [0.29, 0.717) is 6.42 Å². The molecule has 0 bridgehead atoms. The number of aliphatic hydroxyl groups is 1. The van der Waals surface area contributed by atoms with E-state index in [2.05, 4.69) is 5.32 Å². The largest absolute Gasteiger partial charge is 0.394 e. The van der Waals surface area contributed by atoms with Crippen LogP contribution in [0.1, 0.15) is 46.0 Å². The minimum absolute atomic E-state index is 0.0129. The predicted molar refractivity (Wildman–Crippen MR) is 63.9 cm³/mol. The topological polar surface area (TPSA) is 75.3 Å². The summed E-state index contributed by atoms with van der Waals surface area (Å²) in [7, 11) is 0. The van der Waals surface area contributed by atoms with Gasteiger partial charge in [-0.15, -0.1) is 0 Å². The molecule has 1 aliphatic rings. The summed E-state index contributed by atoms with van der Waals surface area (Å²) in [6.45, 7) is 3.95. The van der Waals surface area contributed by atoms with Crippen LogP contribution < -0.4 is 11.1 Å². The summed E-state index contributed by atoms with van der Waals surface area (Å²) < 4.78 is 0. The van der Waals surface area contributed by atoms with Crippen molar-refractivity contribution in [2.24, 2.45) is 11.7 Å². The molecule has 0 aliphatic heterocycles. The van der Waals surface area contributed by atoms with E-state index in [1.807, 2.05) is 13.8 Å². The fraction of sp³-hybridized carbons (Fsp3) is 0.917. The van der Waals surface area contributed by atoms with Gasteiger partial charge in [0.05, 0.1) is 12.6 Å². The van der Waals surface area contributed by atoms with Gasteiger partial charge >= 0.3 is 0 Å². The number of nitrogens with two attached hydrogens (primary N) is 1. The fourth-order valence-electron chi connectivity index (χ4n) is 2.26. The molecule has 16 heavy (non-hydrogen) atoms. The Hall–Kier alpha value is -0.610. The number of hydrogen-bond donors (Lipinski definition) is 3. The van der Waals surface area contributed by atoms with Gasteiger partial charge in [-0.05, 0) is 18.8 Å². The molecule has 1 aliphatic carbocycles. The average Bonchev–Trinajstić information content (AvgIpc) is 2.60. The van der Waals surface area contributed by atoms with E-state index < -0.39 is 0 Å². The van der Waals surface area contributed by atoms with Crippen LogP contribution in [0.5, 0.6) is 0 Å². The van der Waals surface area contributed by atoms with Crippen molar-refractivity contribution in [3.05, 3.63) is 0 Å². The molecule has 0 radical (unpaired) electrons. The third kappa shape index (κ3) is 3.76. The van der Waals surface area contributed by atoms with Crippen LogP contribution in [-0.2, 0) is 4.79 Å². The van der Waals surface area contributed by atoms with E-state index in [0.717, 1.165) is 25.7 Å². The molecule has 0 aromatic rings. The lowest BCUT2D eigenvalue weighted by molar-refractivity contribution is -0.123. The van der Waals surface area contributed by atoms with Gasteiger partial charge < -0.3 is 16.2 Å². The van der Waals surface area contributed by atoms with Crippen molar-refractivity contribution >= 4 is 5.91 Å². The molecule has 94 valence electrons. The van der Waals surface area contributed by atoms with Gasteiger partial charge in [0.2, 0.25) is 5.91 Å². The molecule has 0 saturated heterocycles. The van der Waals surface area contributed by atoms with Crippen molar-refractivity contribution in [3.63, 3.8) is 0 Å². The van der Waals surface area contributed by atoms with Crippen LogP contribution in [0.25, 0.3) is 0 Å². The van der Waals surface area contributed by atoms with E-state index in [4.69, 9.17) is 10.8 Å². The SMILES string of the molecule is CC(C)[C@@H](CO)NC(=O)CC1(N)CCCC1. The van der Waals surface area contributed by atoms with Crippen LogP contribution in [-0.4, -0.2) is 29.2 Å². The third-order valence-electron chi connectivity index (χ3n) is 3.46. The van der Waals surface area contributed by atoms with Crippen molar-refractivity contribution in [1.82, 2.24) is 5.32 Å². The smallest absolute Gasteiger partial charge is 0.222 e. The van der Waals surface area contributed by atoms with Crippen LogP contribution in [0.15, 0.2) is 0 Å². The van der Waals surface area contributed by atoms with Crippen molar-refractivity contribution < 1.29 is 9.90 Å². The number of carbonyl (C=O) groups excluding carboxylic acids is 1. The van der Waals surface area contributed by atoms with Gasteiger partial charge in [-0.1, -0.05) is 26.7 Å². The molecule has 1 amide bonds. The quantitative estimate of drug-likeness (QED) is 0.651. The highest BCUT2D eigenvalue weighted by Gasteiger charge is 2.32. The number of rotatable bonds is 5. The average molecular weight is 228 g/mol. The Labute approximate surface area is 97.6 Å². The molecule has 1 atom stereocenters. The highest BCUT2D eigenvalue weighted by molar-refractivity contribution is 5.77. The van der Waals surface area contributed by atoms with E-state index in [1.54, 1.807) is 0 Å². The van der Waals surface area contributed by atoms with Crippen LogP contribution in [0, 0.1) is 5.92 Å². The molecular weight excluding hydrogens is 204 g/mol. The summed E-state index contributed by atoms with van der Waals surface area (Å²) in [5.41, 5.74) is 5.83. The highest BCUT2D eigenvalue weighted by Crippen LogP contribution is 2.29. The number of aliphatic hydroxyl groups excluding tert-OH is 1. The van der Waals surface area contributed by atoms with Gasteiger partial charge in [-0.25, -0.2) is 0 Å². The zero-order chi connectivity index (χ0) is 12.2. The zero-order valence-electron chi connectivity index (χ0n) is 10.3. The van der Waals surface area contributed by atoms with Crippen molar-refractivity contribution in [2.75, 3.05) is 6.61 Å². The van der Waals surface area contributed by atoms with Crippen molar-refractivity contribution in [2.45, 2.75) is 57.5 Å². The lowest BCUT2D eigenvalue weighted by Crippen LogP contribution is -2.47. The zero-order valence-corrected chi connectivity index (χ0v) is 10.3. The molecule has 0 spiro atoms. The van der Waals surface area contributed by atoms with Crippen LogP contribution in [0.2, 0.25) is 0 Å². The summed E-state index contributed by atoms with van der Waals surface area (Å²) in [4.78, 5) is 11.8. The maximum atomic E-state index is 11.8. The molecule has 0 aromatic heterocycles. The monoisotopic (exact) mass is 228 g/mol. The molecule has 4 nitrogen and oxygen atoms in total. The fourth-order valence-corrected chi connectivity index (χ4v) is 2.26. The minimum atomic E-state index is -0.304. The first-order valence-corrected chi connectivity index (χ1v) is 6.16. The molecule has 1 saturated carbocycles. The first-order valence-electron chi connectivity index (χ1n) is 6.16. The summed E-state index contributed by atoms with van der Waals surface area (Å²) in [5.74, 6) is 0.211. The molecule has 0 aromatic carbocycles. The molecule has 0 heterocycles. The van der Waals surface area contributed by atoms with Crippen molar-refractivity contribution in [1.29, 1.82) is 0 Å². The number of nitrogens with one attached hydrogen (secondary N) is 1. The summed E-state index contributed by atoms with van der Waals surface area (Å²) in [6, 6.07) is -0.155. The summed E-state index contributed by atoms with van der Waals surface area (Å²) in [6.07, 6.45) is 4.50. The molecule has 1 rings (SSSR count). The Balaban J connectivity index is 2.40. The van der Waals surface area contributed by atoms with Gasteiger partial charge in [0.15, 0.2) is 0 Å². The second-order valence-electron chi connectivity index (χ2n) is 5.35. The third-order valence-corrected chi connectivity index (χ3v) is 3.46. The van der Waals surface area contributed by atoms with Gasteiger partial charge in [-0.2, -0.15) is 0 Å². The highest BCUT2D eigenvalue weighted by atomic mass is 16.3. The van der Waals surface area contributed by atoms with Gasteiger partial charge in [0, 0.05) is 12.0 Å². The summed E-state index contributed by atoms with van der Waals surface area (Å²) in [5, 5.41) is 12.0. The minimum Gasteiger partial charge on any atom is -0.394 e. The predicted octanol–water partition coefficient (Wildman–Crippen LogP) is 0.781.